The highest BCUT2D eigenvalue weighted by Crippen LogP contribution is 2.32. The molecule has 0 amide bonds. The van der Waals surface area contributed by atoms with E-state index < -0.39 is 0 Å². The molecule has 0 unspecified atom stereocenters. The van der Waals surface area contributed by atoms with Crippen LogP contribution in [-0.2, 0) is 6.54 Å². The van der Waals surface area contributed by atoms with E-state index in [1.54, 1.807) is 12.1 Å². The highest BCUT2D eigenvalue weighted by atomic mass is 19.1. The van der Waals surface area contributed by atoms with Crippen LogP contribution in [0.1, 0.15) is 24.8 Å². The van der Waals surface area contributed by atoms with E-state index in [1.807, 2.05) is 12.1 Å². The van der Waals surface area contributed by atoms with Crippen molar-refractivity contribution in [1.82, 2.24) is 14.7 Å². The molecule has 1 aromatic carbocycles. The Morgan fingerprint density at radius 1 is 0.833 bits per heavy atom. The standard InChI is InChI=1S/C20H30FN3/c21-20-6-2-1-5-18(20)14-24-13-17-7-10-23(15-19(17)16-24)12-11-22-8-3-4-9-22/h1-2,5-6,17,19H,3-4,7-16H2/t17-,19+/m0/s1. The van der Waals surface area contributed by atoms with Gasteiger partial charge in [0.25, 0.3) is 0 Å². The largest absolute Gasteiger partial charge is 0.302 e. The molecular weight excluding hydrogens is 301 g/mol. The second kappa shape index (κ2) is 7.51. The van der Waals surface area contributed by atoms with Crippen molar-refractivity contribution >= 4 is 0 Å². The lowest BCUT2D eigenvalue weighted by Crippen LogP contribution is -2.43. The minimum Gasteiger partial charge on any atom is -0.302 e. The van der Waals surface area contributed by atoms with E-state index in [4.69, 9.17) is 0 Å². The normalized spacial score (nSPS) is 29.2. The van der Waals surface area contributed by atoms with Crippen LogP contribution < -0.4 is 0 Å². The molecule has 132 valence electrons. The van der Waals surface area contributed by atoms with E-state index in [2.05, 4.69) is 14.7 Å². The molecule has 0 radical (unpaired) electrons. The predicted octanol–water partition coefficient (Wildman–Crippen LogP) is 2.68. The summed E-state index contributed by atoms with van der Waals surface area (Å²) >= 11 is 0. The summed E-state index contributed by atoms with van der Waals surface area (Å²) in [5.41, 5.74) is 0.849. The summed E-state index contributed by atoms with van der Waals surface area (Å²) in [6.45, 7) is 10.6. The summed E-state index contributed by atoms with van der Waals surface area (Å²) in [4.78, 5) is 7.76. The molecule has 3 saturated heterocycles. The van der Waals surface area contributed by atoms with Crippen molar-refractivity contribution < 1.29 is 4.39 Å². The Balaban J connectivity index is 1.27. The molecule has 24 heavy (non-hydrogen) atoms. The Labute approximate surface area is 145 Å². The van der Waals surface area contributed by atoms with Gasteiger partial charge in [-0.1, -0.05) is 18.2 Å². The van der Waals surface area contributed by atoms with Gasteiger partial charge in [-0.05, 0) is 56.8 Å². The molecule has 4 rings (SSSR count). The number of rotatable bonds is 5. The lowest BCUT2D eigenvalue weighted by Gasteiger charge is -2.35. The van der Waals surface area contributed by atoms with Crippen molar-refractivity contribution in [2.45, 2.75) is 25.8 Å². The van der Waals surface area contributed by atoms with Gasteiger partial charge < -0.3 is 9.80 Å². The fourth-order valence-corrected chi connectivity index (χ4v) is 4.83. The van der Waals surface area contributed by atoms with Gasteiger partial charge in [0.05, 0.1) is 0 Å². The van der Waals surface area contributed by atoms with Gasteiger partial charge in [0.2, 0.25) is 0 Å². The minimum absolute atomic E-state index is 0.0559. The fourth-order valence-electron chi connectivity index (χ4n) is 4.83. The Hall–Kier alpha value is -0.970. The van der Waals surface area contributed by atoms with Crippen LogP contribution in [0.3, 0.4) is 0 Å². The molecule has 0 aliphatic carbocycles. The van der Waals surface area contributed by atoms with Gasteiger partial charge in [-0.2, -0.15) is 0 Å². The maximum atomic E-state index is 13.9. The van der Waals surface area contributed by atoms with Crippen molar-refractivity contribution in [3.05, 3.63) is 35.6 Å². The molecule has 3 heterocycles. The Morgan fingerprint density at radius 3 is 2.38 bits per heavy atom. The van der Waals surface area contributed by atoms with Crippen LogP contribution in [-0.4, -0.2) is 67.1 Å². The lowest BCUT2D eigenvalue weighted by atomic mass is 9.89. The number of piperidine rings is 1. The van der Waals surface area contributed by atoms with E-state index >= 15 is 0 Å². The first-order valence-electron chi connectivity index (χ1n) is 9.68. The van der Waals surface area contributed by atoms with Gasteiger partial charge >= 0.3 is 0 Å². The topological polar surface area (TPSA) is 9.72 Å². The molecule has 1 aromatic rings. The molecule has 0 N–H and O–H groups in total. The Morgan fingerprint density at radius 2 is 1.54 bits per heavy atom. The molecule has 3 aliphatic heterocycles. The summed E-state index contributed by atoms with van der Waals surface area (Å²) < 4.78 is 13.9. The first-order chi connectivity index (χ1) is 11.8. The second-order valence-electron chi connectivity index (χ2n) is 7.94. The molecular formula is C20H30FN3. The van der Waals surface area contributed by atoms with Crippen LogP contribution in [0.5, 0.6) is 0 Å². The molecule has 3 nitrogen and oxygen atoms in total. The molecule has 4 heteroatoms. The van der Waals surface area contributed by atoms with Gasteiger partial charge in [0, 0.05) is 44.8 Å². The van der Waals surface area contributed by atoms with Gasteiger partial charge in [-0.3, -0.25) is 4.90 Å². The maximum Gasteiger partial charge on any atom is 0.127 e. The third-order valence-electron chi connectivity index (χ3n) is 6.24. The maximum absolute atomic E-state index is 13.9. The van der Waals surface area contributed by atoms with Gasteiger partial charge in [0.15, 0.2) is 0 Å². The van der Waals surface area contributed by atoms with E-state index in [0.717, 1.165) is 37.0 Å². The first kappa shape index (κ1) is 16.5. The zero-order chi connectivity index (χ0) is 16.4. The number of halogens is 1. The third-order valence-corrected chi connectivity index (χ3v) is 6.24. The molecule has 0 aromatic heterocycles. The summed E-state index contributed by atoms with van der Waals surface area (Å²) in [7, 11) is 0. The van der Waals surface area contributed by atoms with Crippen molar-refractivity contribution in [3.63, 3.8) is 0 Å². The number of hydrogen-bond donors (Lipinski definition) is 0. The lowest BCUT2D eigenvalue weighted by molar-refractivity contribution is 0.134. The third kappa shape index (κ3) is 3.81. The summed E-state index contributed by atoms with van der Waals surface area (Å²) in [6.07, 6.45) is 4.09. The first-order valence-corrected chi connectivity index (χ1v) is 9.68. The summed E-state index contributed by atoms with van der Waals surface area (Å²) in [6, 6.07) is 7.24. The average molecular weight is 331 g/mol. The van der Waals surface area contributed by atoms with E-state index in [1.165, 1.54) is 58.5 Å². The Bertz CT molecular complexity index is 543. The van der Waals surface area contributed by atoms with Gasteiger partial charge in [-0.25, -0.2) is 4.39 Å². The van der Waals surface area contributed by atoms with Crippen LogP contribution in [0.2, 0.25) is 0 Å². The van der Waals surface area contributed by atoms with E-state index in [-0.39, 0.29) is 5.82 Å². The zero-order valence-corrected chi connectivity index (χ0v) is 14.7. The van der Waals surface area contributed by atoms with Crippen LogP contribution in [0.4, 0.5) is 4.39 Å². The quantitative estimate of drug-likeness (QED) is 0.821. The monoisotopic (exact) mass is 331 g/mol. The van der Waals surface area contributed by atoms with Crippen LogP contribution >= 0.6 is 0 Å². The SMILES string of the molecule is Fc1ccccc1CN1C[C@H]2CN(CCN3CCCC3)CC[C@H]2C1. The molecule has 3 aliphatic rings. The van der Waals surface area contributed by atoms with E-state index in [9.17, 15) is 4.39 Å². The molecule has 0 bridgehead atoms. The number of hydrogen-bond acceptors (Lipinski definition) is 3. The number of fused-ring (bicyclic) bond motifs is 1. The molecule has 3 fully saturated rings. The highest BCUT2D eigenvalue weighted by molar-refractivity contribution is 5.17. The zero-order valence-electron chi connectivity index (χ0n) is 14.7. The summed E-state index contributed by atoms with van der Waals surface area (Å²) in [5.74, 6) is 1.54. The predicted molar refractivity (Wildman–Crippen MR) is 95.4 cm³/mol. The van der Waals surface area contributed by atoms with Crippen molar-refractivity contribution in [2.24, 2.45) is 11.8 Å². The average Bonchev–Trinajstić information content (AvgIpc) is 3.23. The summed E-state index contributed by atoms with van der Waals surface area (Å²) in [5, 5.41) is 0. The molecule has 0 saturated carbocycles. The van der Waals surface area contributed by atoms with Crippen LogP contribution in [0.25, 0.3) is 0 Å². The van der Waals surface area contributed by atoms with Crippen LogP contribution in [0.15, 0.2) is 24.3 Å². The van der Waals surface area contributed by atoms with Gasteiger partial charge in [0.1, 0.15) is 5.82 Å². The minimum atomic E-state index is -0.0559. The molecule has 0 spiro atoms. The van der Waals surface area contributed by atoms with Crippen molar-refractivity contribution in [1.29, 1.82) is 0 Å². The van der Waals surface area contributed by atoms with Gasteiger partial charge in [-0.15, -0.1) is 0 Å². The second-order valence-corrected chi connectivity index (χ2v) is 7.94. The number of likely N-dealkylation sites (tertiary alicyclic amines) is 3. The van der Waals surface area contributed by atoms with Crippen molar-refractivity contribution in [2.75, 3.05) is 52.4 Å². The van der Waals surface area contributed by atoms with Crippen LogP contribution in [0, 0.1) is 17.7 Å². The van der Waals surface area contributed by atoms with E-state index in [0.29, 0.717) is 0 Å². The Kier molecular flexibility index (Phi) is 5.16. The highest BCUT2D eigenvalue weighted by Gasteiger charge is 2.36. The number of benzene rings is 1. The molecule has 2 atom stereocenters. The smallest absolute Gasteiger partial charge is 0.127 e. The number of nitrogens with zero attached hydrogens (tertiary/aromatic N) is 3. The van der Waals surface area contributed by atoms with Crippen molar-refractivity contribution in [3.8, 4) is 0 Å². The fraction of sp³-hybridized carbons (Fsp3) is 0.700.